The molecule has 2 atom stereocenters. The van der Waals surface area contributed by atoms with Crippen molar-refractivity contribution in [2.75, 3.05) is 6.61 Å². The van der Waals surface area contributed by atoms with E-state index in [1.807, 2.05) is 37.3 Å². The van der Waals surface area contributed by atoms with E-state index in [9.17, 15) is 5.11 Å². The number of benzene rings is 1. The molecule has 5 heteroatoms. The molecule has 0 aliphatic rings. The molecule has 0 aliphatic carbocycles. The van der Waals surface area contributed by atoms with Gasteiger partial charge in [0.2, 0.25) is 0 Å². The lowest BCUT2D eigenvalue weighted by Crippen LogP contribution is -2.27. The second-order valence-electron chi connectivity index (χ2n) is 4.31. The number of hydrogen-bond acceptors (Lipinski definition) is 3. The lowest BCUT2D eigenvalue weighted by Gasteiger charge is -2.21. The Morgan fingerprint density at radius 3 is 2.53 bits per heavy atom. The van der Waals surface area contributed by atoms with Crippen LogP contribution in [0.2, 0.25) is 5.02 Å². The third kappa shape index (κ3) is 3.60. The molecular weight excluding hydrogens is 330 g/mol. The van der Waals surface area contributed by atoms with Crippen LogP contribution in [-0.4, -0.2) is 11.7 Å². The van der Waals surface area contributed by atoms with Crippen LogP contribution in [0.4, 0.5) is 0 Å². The van der Waals surface area contributed by atoms with Crippen molar-refractivity contribution in [3.8, 4) is 0 Å². The minimum atomic E-state index is -0.163. The molecule has 0 bridgehead atoms. The molecule has 0 aliphatic heterocycles. The molecule has 1 aromatic carbocycles. The van der Waals surface area contributed by atoms with Crippen LogP contribution in [0.25, 0.3) is 0 Å². The average Bonchev–Trinajstić information content (AvgIpc) is 2.83. The van der Waals surface area contributed by atoms with E-state index < -0.39 is 0 Å². The summed E-state index contributed by atoms with van der Waals surface area (Å²) in [6.45, 7) is 1.99. The number of aliphatic hydroxyl groups excluding tert-OH is 1. The fraction of sp³-hybridized carbons (Fsp3) is 0.286. The van der Waals surface area contributed by atoms with Crippen molar-refractivity contribution in [2.45, 2.75) is 19.0 Å². The van der Waals surface area contributed by atoms with Gasteiger partial charge in [-0.3, -0.25) is 5.32 Å². The van der Waals surface area contributed by atoms with Gasteiger partial charge >= 0.3 is 0 Å². The molecule has 0 saturated carbocycles. The summed E-state index contributed by atoms with van der Waals surface area (Å²) in [6.07, 6.45) is 1.63. The molecule has 2 rings (SSSR count). The molecule has 1 aromatic heterocycles. The topological polar surface area (TPSA) is 45.4 Å². The van der Waals surface area contributed by atoms with Crippen molar-refractivity contribution >= 4 is 27.5 Å². The Kier molecular flexibility index (Phi) is 5.05. The summed E-state index contributed by atoms with van der Waals surface area (Å²) in [5.74, 6) is 0.812. The van der Waals surface area contributed by atoms with Gasteiger partial charge in [-0.2, -0.15) is 0 Å². The molecule has 0 amide bonds. The number of rotatable bonds is 5. The van der Waals surface area contributed by atoms with Gasteiger partial charge in [0.25, 0.3) is 0 Å². The van der Waals surface area contributed by atoms with E-state index >= 15 is 0 Å². The first kappa shape index (κ1) is 14.6. The van der Waals surface area contributed by atoms with E-state index in [0.29, 0.717) is 5.02 Å². The van der Waals surface area contributed by atoms with Crippen LogP contribution in [0.5, 0.6) is 0 Å². The number of hydrogen-bond donors (Lipinski definition) is 2. The van der Waals surface area contributed by atoms with E-state index in [-0.39, 0.29) is 18.7 Å². The van der Waals surface area contributed by atoms with Crippen molar-refractivity contribution < 1.29 is 9.52 Å². The van der Waals surface area contributed by atoms with Crippen LogP contribution >= 0.6 is 27.5 Å². The van der Waals surface area contributed by atoms with Gasteiger partial charge in [-0.25, -0.2) is 0 Å². The van der Waals surface area contributed by atoms with Crippen LogP contribution in [-0.2, 0) is 0 Å². The summed E-state index contributed by atoms with van der Waals surface area (Å²) >= 11 is 9.29. The highest BCUT2D eigenvalue weighted by Crippen LogP contribution is 2.27. The van der Waals surface area contributed by atoms with E-state index in [1.54, 1.807) is 6.26 Å². The normalized spacial score (nSPS) is 14.3. The zero-order valence-corrected chi connectivity index (χ0v) is 12.8. The Morgan fingerprint density at radius 2 is 2.00 bits per heavy atom. The highest BCUT2D eigenvalue weighted by molar-refractivity contribution is 9.10. The quantitative estimate of drug-likeness (QED) is 0.859. The molecule has 2 unspecified atom stereocenters. The van der Waals surface area contributed by atoms with Crippen LogP contribution in [0.15, 0.2) is 45.5 Å². The first-order valence-electron chi connectivity index (χ1n) is 5.97. The highest BCUT2D eigenvalue weighted by atomic mass is 79.9. The van der Waals surface area contributed by atoms with Gasteiger partial charge in [-0.05, 0) is 46.6 Å². The molecule has 3 nitrogen and oxygen atoms in total. The molecule has 1 heterocycles. The number of aliphatic hydroxyl groups is 1. The van der Waals surface area contributed by atoms with Gasteiger partial charge in [-0.15, -0.1) is 0 Å². The first-order chi connectivity index (χ1) is 9.11. The fourth-order valence-corrected chi connectivity index (χ4v) is 2.61. The molecule has 0 radical (unpaired) electrons. The Balaban J connectivity index is 2.11. The van der Waals surface area contributed by atoms with Gasteiger partial charge in [-0.1, -0.05) is 23.7 Å². The van der Waals surface area contributed by atoms with Crippen LogP contribution in [0.1, 0.15) is 30.3 Å². The summed E-state index contributed by atoms with van der Waals surface area (Å²) in [5.41, 5.74) is 0.987. The number of furan rings is 1. The van der Waals surface area contributed by atoms with Crippen molar-refractivity contribution in [1.29, 1.82) is 0 Å². The predicted octanol–water partition coefficient (Wildman–Crippen LogP) is 4.08. The maximum absolute atomic E-state index is 9.53. The van der Waals surface area contributed by atoms with Crippen LogP contribution < -0.4 is 5.32 Å². The Bertz CT molecular complexity index is 526. The van der Waals surface area contributed by atoms with Crippen molar-refractivity contribution in [3.05, 3.63) is 57.4 Å². The highest BCUT2D eigenvalue weighted by Gasteiger charge is 2.18. The van der Waals surface area contributed by atoms with E-state index in [4.69, 9.17) is 16.0 Å². The molecular formula is C14H15BrClNO2. The third-order valence-corrected chi connectivity index (χ3v) is 3.85. The molecule has 0 saturated heterocycles. The largest absolute Gasteiger partial charge is 0.466 e. The van der Waals surface area contributed by atoms with Crippen molar-refractivity contribution in [3.63, 3.8) is 0 Å². The number of halogens is 2. The molecule has 0 fully saturated rings. The molecule has 102 valence electrons. The number of nitrogens with one attached hydrogen (secondary N) is 1. The standard InChI is InChI=1S/C14H15BrClNO2/c1-9(14-12(15)6-7-19-14)17-13(8-18)10-2-4-11(16)5-3-10/h2-7,9,13,17-18H,8H2,1H3. The Labute approximate surface area is 125 Å². The van der Waals surface area contributed by atoms with Crippen LogP contribution in [0.3, 0.4) is 0 Å². The summed E-state index contributed by atoms with van der Waals surface area (Å²) in [4.78, 5) is 0. The second kappa shape index (κ2) is 6.57. The Morgan fingerprint density at radius 1 is 1.32 bits per heavy atom. The van der Waals surface area contributed by atoms with Gasteiger partial charge in [0.05, 0.1) is 29.4 Å². The minimum Gasteiger partial charge on any atom is -0.466 e. The molecule has 2 N–H and O–H groups in total. The zero-order valence-electron chi connectivity index (χ0n) is 10.4. The van der Waals surface area contributed by atoms with Gasteiger partial charge in [0.15, 0.2) is 0 Å². The summed E-state index contributed by atoms with van der Waals surface area (Å²) in [7, 11) is 0. The third-order valence-electron chi connectivity index (χ3n) is 2.94. The van der Waals surface area contributed by atoms with Crippen molar-refractivity contribution in [2.24, 2.45) is 0 Å². The van der Waals surface area contributed by atoms with Gasteiger partial charge in [0.1, 0.15) is 5.76 Å². The fourth-order valence-electron chi connectivity index (χ4n) is 1.94. The zero-order chi connectivity index (χ0) is 13.8. The maximum atomic E-state index is 9.53. The average molecular weight is 345 g/mol. The summed E-state index contributed by atoms with van der Waals surface area (Å²) in [5, 5.41) is 13.5. The Hall–Kier alpha value is -0.810. The first-order valence-corrected chi connectivity index (χ1v) is 7.14. The molecule has 2 aromatic rings. The molecule has 0 spiro atoms. The van der Waals surface area contributed by atoms with Gasteiger partial charge < -0.3 is 9.52 Å². The minimum absolute atomic E-state index is 0.00427. The predicted molar refractivity (Wildman–Crippen MR) is 79.2 cm³/mol. The molecule has 19 heavy (non-hydrogen) atoms. The van der Waals surface area contributed by atoms with Crippen molar-refractivity contribution in [1.82, 2.24) is 5.32 Å². The lowest BCUT2D eigenvalue weighted by atomic mass is 10.1. The van der Waals surface area contributed by atoms with Gasteiger partial charge in [0, 0.05) is 5.02 Å². The second-order valence-corrected chi connectivity index (χ2v) is 5.60. The monoisotopic (exact) mass is 343 g/mol. The van der Waals surface area contributed by atoms with E-state index in [2.05, 4.69) is 21.2 Å². The van der Waals surface area contributed by atoms with Crippen LogP contribution in [0, 0.1) is 0 Å². The summed E-state index contributed by atoms with van der Waals surface area (Å²) in [6, 6.07) is 9.11. The maximum Gasteiger partial charge on any atom is 0.134 e. The SMILES string of the molecule is CC(NC(CO)c1ccc(Cl)cc1)c1occc1Br. The van der Waals surface area contributed by atoms with E-state index in [0.717, 1.165) is 15.8 Å². The summed E-state index contributed by atoms with van der Waals surface area (Å²) < 4.78 is 6.33. The smallest absolute Gasteiger partial charge is 0.134 e. The van der Waals surface area contributed by atoms with E-state index in [1.165, 1.54) is 0 Å². The lowest BCUT2D eigenvalue weighted by molar-refractivity contribution is 0.230.